The molecular formula is C14H13ClN4O. The van der Waals surface area contributed by atoms with E-state index in [2.05, 4.69) is 15.6 Å². The monoisotopic (exact) mass is 288 g/mol. The maximum absolute atomic E-state index is 12.1. The third kappa shape index (κ3) is 3.11. The van der Waals surface area contributed by atoms with Crippen molar-refractivity contribution in [2.24, 2.45) is 0 Å². The Morgan fingerprint density at radius 2 is 2.20 bits per heavy atom. The zero-order valence-corrected chi connectivity index (χ0v) is 11.6. The van der Waals surface area contributed by atoms with E-state index in [-0.39, 0.29) is 5.91 Å². The summed E-state index contributed by atoms with van der Waals surface area (Å²) >= 11 is 5.94. The normalized spacial score (nSPS) is 9.85. The summed E-state index contributed by atoms with van der Waals surface area (Å²) in [6.07, 6.45) is 1.48. The summed E-state index contributed by atoms with van der Waals surface area (Å²) in [4.78, 5) is 14.8. The van der Waals surface area contributed by atoms with Gasteiger partial charge in [0.2, 0.25) is 0 Å². The van der Waals surface area contributed by atoms with E-state index in [1.54, 1.807) is 18.2 Å². The van der Waals surface area contributed by atoms with Crippen molar-refractivity contribution >= 4 is 28.9 Å². The summed E-state index contributed by atoms with van der Waals surface area (Å²) in [5, 5.41) is 15.2. The number of carbonyl (C=O) groups is 1. The van der Waals surface area contributed by atoms with Crippen molar-refractivity contribution in [2.75, 3.05) is 17.2 Å². The van der Waals surface area contributed by atoms with Crippen LogP contribution in [0.5, 0.6) is 0 Å². The van der Waals surface area contributed by atoms with Gasteiger partial charge in [0.1, 0.15) is 11.8 Å². The Balaban J connectivity index is 2.22. The molecule has 0 aliphatic carbocycles. The highest BCUT2D eigenvalue weighted by molar-refractivity contribution is 6.31. The average molecular weight is 289 g/mol. The summed E-state index contributed by atoms with van der Waals surface area (Å²) in [5.74, 6) is -0.326. The Labute approximate surface area is 121 Å². The smallest absolute Gasteiger partial charge is 0.272 e. The SMILES string of the molecule is CCNc1ccc(Cl)cc1NC(=O)c1cc(C#N)c[nH]1. The second kappa shape index (κ2) is 6.13. The molecule has 6 heteroatoms. The number of halogens is 1. The zero-order chi connectivity index (χ0) is 14.5. The second-order valence-electron chi connectivity index (χ2n) is 4.09. The van der Waals surface area contributed by atoms with Crippen LogP contribution in [-0.2, 0) is 0 Å². The Bertz CT molecular complexity index is 672. The van der Waals surface area contributed by atoms with Gasteiger partial charge in [-0.15, -0.1) is 0 Å². The van der Waals surface area contributed by atoms with E-state index in [0.717, 1.165) is 12.2 Å². The molecule has 0 fully saturated rings. The van der Waals surface area contributed by atoms with Crippen LogP contribution < -0.4 is 10.6 Å². The first-order chi connectivity index (χ1) is 9.63. The van der Waals surface area contributed by atoms with Gasteiger partial charge in [-0.3, -0.25) is 4.79 Å². The molecule has 0 saturated heterocycles. The maximum atomic E-state index is 12.1. The lowest BCUT2D eigenvalue weighted by atomic mass is 10.2. The third-order valence-electron chi connectivity index (χ3n) is 2.65. The highest BCUT2D eigenvalue weighted by Crippen LogP contribution is 2.26. The maximum Gasteiger partial charge on any atom is 0.272 e. The van der Waals surface area contributed by atoms with E-state index in [9.17, 15) is 4.79 Å². The molecule has 0 aliphatic heterocycles. The first kappa shape index (κ1) is 14.0. The van der Waals surface area contributed by atoms with Crippen molar-refractivity contribution in [1.82, 2.24) is 4.98 Å². The molecule has 1 amide bonds. The molecule has 1 aromatic heterocycles. The fourth-order valence-corrected chi connectivity index (χ4v) is 1.92. The van der Waals surface area contributed by atoms with E-state index in [0.29, 0.717) is 22.0 Å². The zero-order valence-electron chi connectivity index (χ0n) is 10.8. The number of benzene rings is 1. The van der Waals surface area contributed by atoms with E-state index >= 15 is 0 Å². The number of anilines is 2. The van der Waals surface area contributed by atoms with Crippen molar-refractivity contribution in [3.8, 4) is 6.07 Å². The van der Waals surface area contributed by atoms with Gasteiger partial charge in [0.25, 0.3) is 5.91 Å². The summed E-state index contributed by atoms with van der Waals surface area (Å²) in [5.41, 5.74) is 2.12. The molecule has 20 heavy (non-hydrogen) atoms. The van der Waals surface area contributed by atoms with Crippen LogP contribution in [0, 0.1) is 11.3 Å². The Morgan fingerprint density at radius 1 is 1.40 bits per heavy atom. The van der Waals surface area contributed by atoms with Crippen LogP contribution >= 0.6 is 11.6 Å². The molecule has 2 aromatic rings. The van der Waals surface area contributed by atoms with Crippen LogP contribution in [0.4, 0.5) is 11.4 Å². The standard InChI is InChI=1S/C14H13ClN4O/c1-2-17-11-4-3-10(15)6-12(11)19-14(20)13-5-9(7-16)8-18-13/h3-6,8,17-18H,2H2,1H3,(H,19,20). The van der Waals surface area contributed by atoms with Crippen molar-refractivity contribution in [3.63, 3.8) is 0 Å². The molecule has 0 spiro atoms. The molecule has 1 aromatic carbocycles. The van der Waals surface area contributed by atoms with Gasteiger partial charge >= 0.3 is 0 Å². The highest BCUT2D eigenvalue weighted by Gasteiger charge is 2.11. The first-order valence-electron chi connectivity index (χ1n) is 6.07. The van der Waals surface area contributed by atoms with Crippen molar-refractivity contribution in [1.29, 1.82) is 5.26 Å². The molecule has 102 valence electrons. The van der Waals surface area contributed by atoms with Gasteiger partial charge in [-0.05, 0) is 31.2 Å². The Hall–Kier alpha value is -2.45. The lowest BCUT2D eigenvalue weighted by Crippen LogP contribution is -2.14. The van der Waals surface area contributed by atoms with E-state index in [4.69, 9.17) is 16.9 Å². The van der Waals surface area contributed by atoms with Crippen molar-refractivity contribution < 1.29 is 4.79 Å². The highest BCUT2D eigenvalue weighted by atomic mass is 35.5. The molecule has 0 bridgehead atoms. The molecule has 0 unspecified atom stereocenters. The van der Waals surface area contributed by atoms with E-state index in [1.165, 1.54) is 12.3 Å². The number of nitrogens with one attached hydrogen (secondary N) is 3. The van der Waals surface area contributed by atoms with Crippen molar-refractivity contribution in [3.05, 3.63) is 46.7 Å². The van der Waals surface area contributed by atoms with Crippen LogP contribution in [0.15, 0.2) is 30.5 Å². The number of carbonyl (C=O) groups excluding carboxylic acids is 1. The lowest BCUT2D eigenvalue weighted by molar-refractivity contribution is 0.102. The quantitative estimate of drug-likeness (QED) is 0.808. The molecule has 0 aliphatic rings. The third-order valence-corrected chi connectivity index (χ3v) is 2.89. The van der Waals surface area contributed by atoms with Gasteiger partial charge in [-0.2, -0.15) is 5.26 Å². The van der Waals surface area contributed by atoms with Crippen LogP contribution in [0.1, 0.15) is 23.0 Å². The number of aromatic amines is 1. The van der Waals surface area contributed by atoms with Gasteiger partial charge in [-0.25, -0.2) is 0 Å². The fourth-order valence-electron chi connectivity index (χ4n) is 1.74. The minimum atomic E-state index is -0.326. The number of H-pyrrole nitrogens is 1. The summed E-state index contributed by atoms with van der Waals surface area (Å²) in [7, 11) is 0. The predicted octanol–water partition coefficient (Wildman–Crippen LogP) is 3.22. The van der Waals surface area contributed by atoms with Crippen LogP contribution in [0.25, 0.3) is 0 Å². The van der Waals surface area contributed by atoms with Gasteiger partial charge in [0.05, 0.1) is 16.9 Å². The molecular weight excluding hydrogens is 276 g/mol. The minimum absolute atomic E-state index is 0.323. The number of hydrogen-bond acceptors (Lipinski definition) is 3. The number of nitriles is 1. The van der Waals surface area contributed by atoms with Gasteiger partial charge in [0, 0.05) is 17.8 Å². The summed E-state index contributed by atoms with van der Waals surface area (Å²) in [6, 6.07) is 8.68. The number of rotatable bonds is 4. The summed E-state index contributed by atoms with van der Waals surface area (Å²) in [6.45, 7) is 2.69. The molecule has 1 heterocycles. The topological polar surface area (TPSA) is 80.7 Å². The largest absolute Gasteiger partial charge is 0.384 e. The number of hydrogen-bond donors (Lipinski definition) is 3. The molecule has 0 radical (unpaired) electrons. The average Bonchev–Trinajstić information content (AvgIpc) is 2.91. The Morgan fingerprint density at radius 3 is 2.85 bits per heavy atom. The minimum Gasteiger partial charge on any atom is -0.384 e. The summed E-state index contributed by atoms with van der Waals surface area (Å²) < 4.78 is 0. The van der Waals surface area contributed by atoms with Crippen molar-refractivity contribution in [2.45, 2.75) is 6.92 Å². The van der Waals surface area contributed by atoms with Gasteiger partial charge in [-0.1, -0.05) is 11.6 Å². The van der Waals surface area contributed by atoms with Gasteiger partial charge < -0.3 is 15.6 Å². The lowest BCUT2D eigenvalue weighted by Gasteiger charge is -2.12. The van der Waals surface area contributed by atoms with Gasteiger partial charge in [0.15, 0.2) is 0 Å². The van der Waals surface area contributed by atoms with Crippen LogP contribution in [0.2, 0.25) is 5.02 Å². The number of aromatic nitrogens is 1. The predicted molar refractivity (Wildman–Crippen MR) is 79.1 cm³/mol. The Kier molecular flexibility index (Phi) is 4.28. The van der Waals surface area contributed by atoms with Crippen LogP contribution in [-0.4, -0.2) is 17.4 Å². The molecule has 3 N–H and O–H groups in total. The molecule has 5 nitrogen and oxygen atoms in total. The fraction of sp³-hybridized carbons (Fsp3) is 0.143. The van der Waals surface area contributed by atoms with E-state index in [1.807, 2.05) is 13.0 Å². The van der Waals surface area contributed by atoms with E-state index < -0.39 is 0 Å². The molecule has 0 saturated carbocycles. The molecule has 0 atom stereocenters. The molecule has 2 rings (SSSR count). The second-order valence-corrected chi connectivity index (χ2v) is 4.52. The van der Waals surface area contributed by atoms with Crippen LogP contribution in [0.3, 0.4) is 0 Å². The number of amides is 1. The first-order valence-corrected chi connectivity index (χ1v) is 6.45. The number of nitrogens with zero attached hydrogens (tertiary/aromatic N) is 1.